The van der Waals surface area contributed by atoms with Crippen molar-refractivity contribution in [1.29, 1.82) is 0 Å². The summed E-state index contributed by atoms with van der Waals surface area (Å²) in [6.07, 6.45) is 0. The molecule has 0 heterocycles. The van der Waals surface area contributed by atoms with Gasteiger partial charge in [-0.3, -0.25) is 0 Å². The van der Waals surface area contributed by atoms with Crippen molar-refractivity contribution < 1.29 is 0 Å². The minimum Gasteiger partial charge on any atom is 2.00 e. The molecule has 50 heteroatoms. The molecule has 0 bridgehead atoms. The normalized spacial score (nSPS) is 0. The van der Waals surface area contributed by atoms with Gasteiger partial charge in [-0.1, -0.05) is 0 Å². The van der Waals surface area contributed by atoms with Crippen molar-refractivity contribution in [2.75, 3.05) is 0 Å². The maximum Gasteiger partial charge on any atom is 2.00 e. The van der Waals surface area contributed by atoms with Crippen LogP contribution in [-0.2, 0) is 0 Å². The molecule has 50 heavy (non-hydrogen) atoms. The molecular formula is Ca50+100. The molecule has 0 saturated carbocycles. The van der Waals surface area contributed by atoms with E-state index in [2.05, 4.69) is 0 Å². The van der Waals surface area contributed by atoms with Gasteiger partial charge in [0, 0.05) is 0 Å². The predicted octanol–water partition coefficient (Wildman–Crippen LogP) is -19.0. The third kappa shape index (κ3) is 338. The van der Waals surface area contributed by atoms with Gasteiger partial charge >= 0.3 is 1890 Å². The van der Waals surface area contributed by atoms with Crippen molar-refractivity contribution in [1.82, 2.24) is 0 Å². The molecule has 0 aromatic rings. The Bertz CT molecular complexity index is 0. The van der Waals surface area contributed by atoms with Crippen LogP contribution >= 0.6 is 0 Å². The van der Waals surface area contributed by atoms with E-state index in [1.165, 1.54) is 0 Å². The predicted molar refractivity (Wildman–Crippen MR) is 288 cm³/mol. The Morgan fingerprint density at radius 2 is 0.0200 bits per heavy atom. The Morgan fingerprint density at radius 3 is 0.0200 bits per heavy atom. The Kier molecular flexibility index (Phi) is 2480. The second-order valence-electron chi connectivity index (χ2n) is 0. The van der Waals surface area contributed by atoms with Crippen LogP contribution in [-0.4, -0.2) is 1890 Å². The van der Waals surface area contributed by atoms with Gasteiger partial charge in [0.15, 0.2) is 0 Å². The van der Waals surface area contributed by atoms with Crippen molar-refractivity contribution in [3.05, 3.63) is 0 Å². The van der Waals surface area contributed by atoms with Gasteiger partial charge in [0.25, 0.3) is 0 Å². The molecule has 0 atom stereocenters. The first kappa shape index (κ1) is 357. The summed E-state index contributed by atoms with van der Waals surface area (Å²) in [4.78, 5) is 0. The molecule has 0 saturated heterocycles. The van der Waals surface area contributed by atoms with Crippen molar-refractivity contribution in [2.24, 2.45) is 0 Å². The second kappa shape index (κ2) is 348. The standard InChI is InChI=1S/50Ca/q50*+2. The first-order valence-corrected chi connectivity index (χ1v) is 0. The average Bonchev–Trinajstić information content (AvgIpc) is 0. The summed E-state index contributed by atoms with van der Waals surface area (Å²) in [5.74, 6) is 0. The van der Waals surface area contributed by atoms with Crippen LogP contribution in [0.2, 0.25) is 0 Å². The van der Waals surface area contributed by atoms with Gasteiger partial charge in [-0.2, -0.15) is 0 Å². The smallest absolute Gasteiger partial charge is 2.00 e. The summed E-state index contributed by atoms with van der Waals surface area (Å²) in [5.41, 5.74) is 0. The molecule has 0 N–H and O–H groups in total. The zero-order valence-electron chi connectivity index (χ0n) is 35.4. The van der Waals surface area contributed by atoms with E-state index in [4.69, 9.17) is 0 Å². The molecular weight excluding hydrogens is 2000 g/mol. The van der Waals surface area contributed by atoms with Crippen molar-refractivity contribution in [3.63, 3.8) is 0 Å². The summed E-state index contributed by atoms with van der Waals surface area (Å²) >= 11 is 0. The van der Waals surface area contributed by atoms with Crippen molar-refractivity contribution in [2.45, 2.75) is 0 Å². The van der Waals surface area contributed by atoms with Crippen LogP contribution in [0.5, 0.6) is 0 Å². The number of hydrogen-bond acceptors (Lipinski definition) is 0. The minimum atomic E-state index is 0. The third-order valence-electron chi connectivity index (χ3n) is 0. The second-order valence-corrected chi connectivity index (χ2v) is 0. The molecule has 0 rings (SSSR count). The van der Waals surface area contributed by atoms with Gasteiger partial charge in [-0.05, 0) is 0 Å². The summed E-state index contributed by atoms with van der Waals surface area (Å²) in [6, 6.07) is 0. The van der Waals surface area contributed by atoms with Crippen molar-refractivity contribution in [3.8, 4) is 0 Å². The van der Waals surface area contributed by atoms with E-state index in [1.54, 1.807) is 0 Å². The van der Waals surface area contributed by atoms with Crippen LogP contribution < -0.4 is 0 Å². The molecule has 0 aromatic carbocycles. The number of rotatable bonds is 0. The summed E-state index contributed by atoms with van der Waals surface area (Å²) in [7, 11) is 0. The summed E-state index contributed by atoms with van der Waals surface area (Å²) in [5, 5.41) is 0. The molecule has 0 fully saturated rings. The van der Waals surface area contributed by atoms with E-state index >= 15 is 0 Å². The topological polar surface area (TPSA) is 0 Å². The monoisotopic (exact) mass is 2000 g/mol. The maximum absolute atomic E-state index is 0. The largest absolute Gasteiger partial charge is 2.00 e. The van der Waals surface area contributed by atoms with Gasteiger partial charge in [-0.25, -0.2) is 0 Å². The van der Waals surface area contributed by atoms with Crippen molar-refractivity contribution >= 4 is 1890 Å². The fraction of sp³-hybridized carbons (Fsp3) is 0. The van der Waals surface area contributed by atoms with Crippen LogP contribution in [0.4, 0.5) is 0 Å². The van der Waals surface area contributed by atoms with Crippen LogP contribution in [0, 0.1) is 0 Å². The van der Waals surface area contributed by atoms with Gasteiger partial charge in [0.2, 0.25) is 0 Å². The van der Waals surface area contributed by atoms with Crippen LogP contribution in [0.25, 0.3) is 0 Å². The fourth-order valence-electron chi connectivity index (χ4n) is 0. The van der Waals surface area contributed by atoms with E-state index in [0.29, 0.717) is 0 Å². The molecule has 0 unspecified atom stereocenters. The fourth-order valence-corrected chi connectivity index (χ4v) is 0. The molecule has 0 aliphatic heterocycles. The molecule has 0 spiro atoms. The zero-order valence-corrected chi connectivity index (χ0v) is 146. The molecule has 0 aliphatic carbocycles. The summed E-state index contributed by atoms with van der Waals surface area (Å²) < 4.78 is 0. The van der Waals surface area contributed by atoms with Gasteiger partial charge < -0.3 is 0 Å². The van der Waals surface area contributed by atoms with E-state index in [1.807, 2.05) is 0 Å². The first-order valence-electron chi connectivity index (χ1n) is 0. The Balaban J connectivity index is 0. The van der Waals surface area contributed by atoms with Gasteiger partial charge in [0.1, 0.15) is 0 Å². The maximum atomic E-state index is 0. The number of hydrogen-bond donors (Lipinski definition) is 0. The Hall–Kier alpha value is 63.0. The van der Waals surface area contributed by atoms with E-state index in [0.717, 1.165) is 0 Å². The van der Waals surface area contributed by atoms with Gasteiger partial charge in [0.05, 0.1) is 0 Å². The molecule has 0 amide bonds. The minimum absolute atomic E-state index is 0. The average molecular weight is 2000 g/mol. The Morgan fingerprint density at radius 1 is 0.0200 bits per heavy atom. The zero-order chi connectivity index (χ0) is 0. The quantitative estimate of drug-likeness (QED) is 0.212. The van der Waals surface area contributed by atoms with Gasteiger partial charge in [-0.15, -0.1) is 0 Å². The molecule has 0 aromatic heterocycles. The van der Waals surface area contributed by atoms with Crippen LogP contribution in [0.15, 0.2) is 0 Å². The molecule has 0 aliphatic rings. The molecule has 0 radical (unpaired) electrons. The summed E-state index contributed by atoms with van der Waals surface area (Å²) in [6.45, 7) is 0. The van der Waals surface area contributed by atoms with E-state index in [-0.39, 0.29) is 1890 Å². The third-order valence-corrected chi connectivity index (χ3v) is 0. The van der Waals surface area contributed by atoms with E-state index in [9.17, 15) is 0 Å². The Labute approximate surface area is 1810 Å². The van der Waals surface area contributed by atoms with Crippen LogP contribution in [0.3, 0.4) is 0 Å². The van der Waals surface area contributed by atoms with Crippen LogP contribution in [0.1, 0.15) is 0 Å². The first-order chi connectivity index (χ1) is 0. The van der Waals surface area contributed by atoms with E-state index < -0.39 is 0 Å². The molecule has 0 valence electrons. The molecule has 0 nitrogen and oxygen atoms in total. The SMILES string of the molecule is [Ca+2].[Ca+2].[Ca+2].[Ca+2].[Ca+2].[Ca+2].[Ca+2].[Ca+2].[Ca+2].[Ca+2].[Ca+2].[Ca+2].[Ca+2].[Ca+2].[Ca+2].[Ca+2].[Ca+2].[Ca+2].[Ca+2].[Ca+2].[Ca+2].[Ca+2].[Ca+2].[Ca+2].[Ca+2].[Ca+2].[Ca+2].[Ca+2].[Ca+2].[Ca+2].[Ca+2].[Ca+2].[Ca+2].[Ca+2].[Ca+2].[Ca+2].[Ca+2].[Ca+2].[Ca+2].[Ca+2].[Ca+2].[Ca+2].[Ca+2].[Ca+2].[Ca+2].[Ca+2].[Ca+2].[Ca+2].[Ca+2].[Ca+2].